The maximum atomic E-state index is 12.3. The molecule has 1 heterocycles. The van der Waals surface area contributed by atoms with E-state index in [2.05, 4.69) is 5.32 Å². The molecule has 2 aromatic rings. The van der Waals surface area contributed by atoms with Crippen molar-refractivity contribution < 1.29 is 14.3 Å². The van der Waals surface area contributed by atoms with Crippen molar-refractivity contribution >= 4 is 23.4 Å². The Morgan fingerprint density at radius 1 is 1.17 bits per heavy atom. The quantitative estimate of drug-likeness (QED) is 0.932. The highest BCUT2D eigenvalue weighted by Gasteiger charge is 2.24. The molecular weight excluding hydrogens is 304 g/mol. The van der Waals surface area contributed by atoms with E-state index in [1.54, 1.807) is 13.0 Å². The number of amides is 2. The van der Waals surface area contributed by atoms with Gasteiger partial charge in [0.15, 0.2) is 0 Å². The van der Waals surface area contributed by atoms with Gasteiger partial charge in [0.1, 0.15) is 0 Å². The van der Waals surface area contributed by atoms with Gasteiger partial charge in [0.2, 0.25) is 5.91 Å². The lowest BCUT2D eigenvalue weighted by molar-refractivity contribution is -0.119. The van der Waals surface area contributed by atoms with Crippen molar-refractivity contribution in [3.05, 3.63) is 59.7 Å². The third-order valence-corrected chi connectivity index (χ3v) is 3.98. The van der Waals surface area contributed by atoms with E-state index in [1.165, 1.54) is 0 Å². The Morgan fingerprint density at radius 3 is 2.71 bits per heavy atom. The van der Waals surface area contributed by atoms with Crippen LogP contribution >= 0.6 is 0 Å². The predicted octanol–water partition coefficient (Wildman–Crippen LogP) is 3.73. The summed E-state index contributed by atoms with van der Waals surface area (Å²) >= 11 is 0. The summed E-state index contributed by atoms with van der Waals surface area (Å²) in [6.45, 7) is 2.65. The molecule has 0 spiro atoms. The summed E-state index contributed by atoms with van der Waals surface area (Å²) in [5.41, 5.74) is 3.73. The van der Waals surface area contributed by atoms with Crippen LogP contribution in [0.2, 0.25) is 0 Å². The monoisotopic (exact) mass is 324 g/mol. The molecule has 2 amide bonds. The zero-order valence-electron chi connectivity index (χ0n) is 13.6. The molecule has 2 aromatic carbocycles. The largest absolute Gasteiger partial charge is 0.450 e. The van der Waals surface area contributed by atoms with Gasteiger partial charge in [0.25, 0.3) is 0 Å². The van der Waals surface area contributed by atoms with E-state index in [1.807, 2.05) is 47.4 Å². The fourth-order valence-corrected chi connectivity index (χ4v) is 2.86. The Labute approximate surface area is 141 Å². The molecule has 0 aromatic heterocycles. The zero-order valence-corrected chi connectivity index (χ0v) is 13.6. The van der Waals surface area contributed by atoms with Gasteiger partial charge in [-0.1, -0.05) is 30.3 Å². The number of carbonyl (C=O) groups excluding carboxylic acids is 2. The third kappa shape index (κ3) is 3.56. The summed E-state index contributed by atoms with van der Waals surface area (Å²) in [5.74, 6) is 0.123. The molecule has 124 valence electrons. The fraction of sp³-hybridized carbons (Fsp3) is 0.263. The molecule has 0 radical (unpaired) electrons. The van der Waals surface area contributed by atoms with Crippen molar-refractivity contribution in [2.45, 2.75) is 26.3 Å². The first-order valence-corrected chi connectivity index (χ1v) is 8.08. The summed E-state index contributed by atoms with van der Waals surface area (Å²) in [6.07, 6.45) is 0.686. The summed E-state index contributed by atoms with van der Waals surface area (Å²) in [7, 11) is 0. The van der Waals surface area contributed by atoms with Crippen LogP contribution in [0.5, 0.6) is 0 Å². The topological polar surface area (TPSA) is 58.6 Å². The van der Waals surface area contributed by atoms with Crippen LogP contribution in [0.15, 0.2) is 48.5 Å². The molecule has 1 aliphatic heterocycles. The number of hydrogen-bond donors (Lipinski definition) is 1. The molecular formula is C19H20N2O3. The van der Waals surface area contributed by atoms with Crippen LogP contribution in [-0.4, -0.2) is 18.6 Å². The van der Waals surface area contributed by atoms with Crippen LogP contribution in [-0.2, 0) is 22.5 Å². The number of nitrogens with one attached hydrogen (secondary N) is 1. The lowest BCUT2D eigenvalue weighted by Gasteiger charge is -2.30. The molecule has 24 heavy (non-hydrogen) atoms. The molecule has 1 N–H and O–H groups in total. The number of rotatable bonds is 4. The lowest BCUT2D eigenvalue weighted by Crippen LogP contribution is -2.34. The maximum Gasteiger partial charge on any atom is 0.411 e. The molecule has 5 nitrogen and oxygen atoms in total. The van der Waals surface area contributed by atoms with E-state index in [9.17, 15) is 9.59 Å². The van der Waals surface area contributed by atoms with Crippen molar-refractivity contribution in [2.24, 2.45) is 0 Å². The first-order chi connectivity index (χ1) is 11.7. The number of hydrogen-bond acceptors (Lipinski definition) is 3. The van der Waals surface area contributed by atoms with Gasteiger partial charge < -0.3 is 9.64 Å². The van der Waals surface area contributed by atoms with Gasteiger partial charge in [-0.05, 0) is 42.7 Å². The minimum Gasteiger partial charge on any atom is -0.450 e. The summed E-state index contributed by atoms with van der Waals surface area (Å²) in [4.78, 5) is 25.7. The average molecular weight is 324 g/mol. The van der Waals surface area contributed by atoms with Crippen molar-refractivity contribution in [1.82, 2.24) is 0 Å². The SMILES string of the molecule is CCOC(=O)Nc1ccc2c(c1)CCC(=O)N2Cc1ccccc1. The molecule has 0 bridgehead atoms. The van der Waals surface area contributed by atoms with Gasteiger partial charge in [0.05, 0.1) is 13.2 Å². The summed E-state index contributed by atoms with van der Waals surface area (Å²) < 4.78 is 4.89. The van der Waals surface area contributed by atoms with Gasteiger partial charge in [0, 0.05) is 17.8 Å². The van der Waals surface area contributed by atoms with Crippen LogP contribution in [0.4, 0.5) is 16.2 Å². The second-order valence-electron chi connectivity index (χ2n) is 5.65. The van der Waals surface area contributed by atoms with E-state index in [0.717, 1.165) is 16.8 Å². The van der Waals surface area contributed by atoms with E-state index < -0.39 is 6.09 Å². The number of benzene rings is 2. The normalized spacial score (nSPS) is 13.4. The Hall–Kier alpha value is -2.82. The molecule has 1 aliphatic rings. The lowest BCUT2D eigenvalue weighted by atomic mass is 9.99. The second-order valence-corrected chi connectivity index (χ2v) is 5.65. The number of fused-ring (bicyclic) bond motifs is 1. The minimum atomic E-state index is -0.467. The van der Waals surface area contributed by atoms with Gasteiger partial charge in [-0.3, -0.25) is 10.1 Å². The molecule has 0 unspecified atom stereocenters. The average Bonchev–Trinajstić information content (AvgIpc) is 2.58. The fourth-order valence-electron chi connectivity index (χ4n) is 2.86. The van der Waals surface area contributed by atoms with Crippen molar-refractivity contribution in [2.75, 3.05) is 16.8 Å². The van der Waals surface area contributed by atoms with Crippen LogP contribution in [0.3, 0.4) is 0 Å². The van der Waals surface area contributed by atoms with Gasteiger partial charge in [-0.15, -0.1) is 0 Å². The Balaban J connectivity index is 1.82. The number of aryl methyl sites for hydroxylation is 1. The van der Waals surface area contributed by atoms with Crippen LogP contribution < -0.4 is 10.2 Å². The van der Waals surface area contributed by atoms with Crippen molar-refractivity contribution in [3.8, 4) is 0 Å². The first-order valence-electron chi connectivity index (χ1n) is 8.08. The van der Waals surface area contributed by atoms with Crippen LogP contribution in [0, 0.1) is 0 Å². The van der Waals surface area contributed by atoms with Crippen molar-refractivity contribution in [1.29, 1.82) is 0 Å². The number of anilines is 2. The predicted molar refractivity (Wildman–Crippen MR) is 93.0 cm³/mol. The molecule has 0 saturated carbocycles. The standard InChI is InChI=1S/C19H20N2O3/c1-2-24-19(23)20-16-9-10-17-15(12-16)8-11-18(22)21(17)13-14-6-4-3-5-7-14/h3-7,9-10,12H,2,8,11,13H2,1H3,(H,20,23). The Bertz CT molecular complexity index is 744. The van der Waals surface area contributed by atoms with E-state index >= 15 is 0 Å². The van der Waals surface area contributed by atoms with Crippen LogP contribution in [0.25, 0.3) is 0 Å². The maximum absolute atomic E-state index is 12.3. The minimum absolute atomic E-state index is 0.123. The molecule has 0 saturated heterocycles. The number of ether oxygens (including phenoxy) is 1. The zero-order chi connectivity index (χ0) is 16.9. The molecule has 0 fully saturated rings. The second kappa shape index (κ2) is 7.17. The van der Waals surface area contributed by atoms with Gasteiger partial charge in [-0.25, -0.2) is 4.79 Å². The first kappa shape index (κ1) is 16.1. The summed E-state index contributed by atoms with van der Waals surface area (Å²) in [5, 5.41) is 2.70. The highest BCUT2D eigenvalue weighted by molar-refractivity contribution is 5.97. The third-order valence-electron chi connectivity index (χ3n) is 3.98. The van der Waals surface area contributed by atoms with Gasteiger partial charge >= 0.3 is 6.09 Å². The smallest absolute Gasteiger partial charge is 0.411 e. The van der Waals surface area contributed by atoms with Crippen LogP contribution in [0.1, 0.15) is 24.5 Å². The molecule has 3 rings (SSSR count). The number of carbonyl (C=O) groups is 2. The van der Waals surface area contributed by atoms with E-state index in [0.29, 0.717) is 31.7 Å². The van der Waals surface area contributed by atoms with E-state index in [4.69, 9.17) is 4.74 Å². The van der Waals surface area contributed by atoms with E-state index in [-0.39, 0.29) is 5.91 Å². The molecule has 5 heteroatoms. The Kier molecular flexibility index (Phi) is 4.79. The highest BCUT2D eigenvalue weighted by Crippen LogP contribution is 2.31. The molecule has 0 atom stereocenters. The molecule has 0 aliphatic carbocycles. The number of nitrogens with zero attached hydrogens (tertiary/aromatic N) is 1. The highest BCUT2D eigenvalue weighted by atomic mass is 16.5. The van der Waals surface area contributed by atoms with Gasteiger partial charge in [-0.2, -0.15) is 0 Å². The Morgan fingerprint density at radius 2 is 1.96 bits per heavy atom. The summed E-state index contributed by atoms with van der Waals surface area (Å²) in [6, 6.07) is 15.5. The van der Waals surface area contributed by atoms with Crippen molar-refractivity contribution in [3.63, 3.8) is 0 Å².